The van der Waals surface area contributed by atoms with Crippen molar-refractivity contribution in [3.05, 3.63) is 0 Å². The quantitative estimate of drug-likeness (QED) is 0.688. The molecule has 3 nitrogen and oxygen atoms in total. The van der Waals surface area contributed by atoms with Crippen LogP contribution in [0.15, 0.2) is 0 Å². The van der Waals surface area contributed by atoms with Gasteiger partial charge in [0.2, 0.25) is 0 Å². The van der Waals surface area contributed by atoms with Crippen molar-refractivity contribution < 1.29 is 5.11 Å². The van der Waals surface area contributed by atoms with Crippen molar-refractivity contribution in [1.82, 2.24) is 10.2 Å². The fourth-order valence-corrected chi connectivity index (χ4v) is 4.00. The van der Waals surface area contributed by atoms with Crippen molar-refractivity contribution in [2.75, 3.05) is 33.2 Å². The minimum Gasteiger partial charge on any atom is -0.392 e. The molecule has 2 saturated heterocycles. The molecular weight excluding hydrogens is 200 g/mol. The molecule has 0 aromatic rings. The van der Waals surface area contributed by atoms with Gasteiger partial charge in [-0.25, -0.2) is 0 Å². The van der Waals surface area contributed by atoms with Gasteiger partial charge in [0.15, 0.2) is 0 Å². The van der Waals surface area contributed by atoms with Crippen LogP contribution in [0.2, 0.25) is 0 Å². The summed E-state index contributed by atoms with van der Waals surface area (Å²) in [6.45, 7) is 4.47. The molecule has 0 bridgehead atoms. The molecule has 2 heterocycles. The first-order valence-electron chi connectivity index (χ1n) is 6.79. The maximum atomic E-state index is 10.6. The lowest BCUT2D eigenvalue weighted by Crippen LogP contribution is -2.59. The molecule has 0 amide bonds. The van der Waals surface area contributed by atoms with Gasteiger partial charge in [-0.2, -0.15) is 0 Å². The summed E-state index contributed by atoms with van der Waals surface area (Å²) in [4.78, 5) is 2.40. The van der Waals surface area contributed by atoms with E-state index in [1.54, 1.807) is 0 Å². The Kier molecular flexibility index (Phi) is 2.73. The van der Waals surface area contributed by atoms with Crippen LogP contribution in [0.4, 0.5) is 0 Å². The number of hydrogen-bond donors (Lipinski definition) is 2. The van der Waals surface area contributed by atoms with Crippen molar-refractivity contribution in [2.24, 2.45) is 17.3 Å². The molecule has 16 heavy (non-hydrogen) atoms. The van der Waals surface area contributed by atoms with Gasteiger partial charge in [-0.1, -0.05) is 6.42 Å². The van der Waals surface area contributed by atoms with E-state index in [0.717, 1.165) is 13.1 Å². The van der Waals surface area contributed by atoms with Crippen LogP contribution in [0.1, 0.15) is 25.7 Å². The Hall–Kier alpha value is -0.120. The molecule has 3 fully saturated rings. The van der Waals surface area contributed by atoms with E-state index in [4.69, 9.17) is 0 Å². The number of nitrogens with zero attached hydrogens (tertiary/aromatic N) is 1. The molecule has 0 aromatic heterocycles. The monoisotopic (exact) mass is 224 g/mol. The van der Waals surface area contributed by atoms with Gasteiger partial charge in [0.25, 0.3) is 0 Å². The van der Waals surface area contributed by atoms with E-state index < -0.39 is 0 Å². The van der Waals surface area contributed by atoms with Gasteiger partial charge in [0.05, 0.1) is 6.10 Å². The lowest BCUT2D eigenvalue weighted by Gasteiger charge is -2.53. The van der Waals surface area contributed by atoms with Gasteiger partial charge < -0.3 is 15.3 Å². The van der Waals surface area contributed by atoms with Crippen molar-refractivity contribution in [1.29, 1.82) is 0 Å². The Morgan fingerprint density at radius 1 is 1.38 bits per heavy atom. The predicted octanol–water partition coefficient (Wildman–Crippen LogP) is 0.689. The second kappa shape index (κ2) is 3.97. The summed E-state index contributed by atoms with van der Waals surface area (Å²) >= 11 is 0. The van der Waals surface area contributed by atoms with E-state index in [1.165, 1.54) is 38.8 Å². The third-order valence-corrected chi connectivity index (χ3v) is 5.27. The summed E-state index contributed by atoms with van der Waals surface area (Å²) in [6.07, 6.45) is 5.02. The zero-order valence-electron chi connectivity index (χ0n) is 10.3. The van der Waals surface area contributed by atoms with Crippen LogP contribution < -0.4 is 5.32 Å². The van der Waals surface area contributed by atoms with Crippen molar-refractivity contribution in [2.45, 2.75) is 31.8 Å². The molecule has 3 heteroatoms. The molecule has 3 aliphatic rings. The van der Waals surface area contributed by atoms with Crippen molar-refractivity contribution in [3.8, 4) is 0 Å². The first-order chi connectivity index (χ1) is 7.71. The average molecular weight is 224 g/mol. The summed E-state index contributed by atoms with van der Waals surface area (Å²) in [7, 11) is 2.20. The van der Waals surface area contributed by atoms with Crippen LogP contribution in [0, 0.1) is 17.3 Å². The maximum absolute atomic E-state index is 10.6. The molecule has 92 valence electrons. The van der Waals surface area contributed by atoms with Gasteiger partial charge in [-0.15, -0.1) is 0 Å². The molecule has 2 aliphatic heterocycles. The normalized spacial score (nSPS) is 43.5. The molecule has 1 aliphatic carbocycles. The number of piperidine rings is 1. The SMILES string of the molecule is CN1CCC(C2CNCC3(CCC3)C2O)C1. The van der Waals surface area contributed by atoms with Crippen LogP contribution in [0.3, 0.4) is 0 Å². The summed E-state index contributed by atoms with van der Waals surface area (Å²) in [6, 6.07) is 0. The topological polar surface area (TPSA) is 35.5 Å². The summed E-state index contributed by atoms with van der Waals surface area (Å²) < 4.78 is 0. The third kappa shape index (κ3) is 1.60. The van der Waals surface area contributed by atoms with Crippen LogP contribution >= 0.6 is 0 Å². The molecule has 0 aromatic carbocycles. The number of aliphatic hydroxyl groups is 1. The third-order valence-electron chi connectivity index (χ3n) is 5.27. The Morgan fingerprint density at radius 3 is 2.75 bits per heavy atom. The Bertz CT molecular complexity index is 265. The first-order valence-corrected chi connectivity index (χ1v) is 6.79. The summed E-state index contributed by atoms with van der Waals surface area (Å²) in [5.41, 5.74) is 0.254. The van der Waals surface area contributed by atoms with Crippen LogP contribution in [0.5, 0.6) is 0 Å². The summed E-state index contributed by atoms with van der Waals surface area (Å²) in [5.74, 6) is 1.21. The number of aliphatic hydroxyl groups excluding tert-OH is 1. The lowest BCUT2D eigenvalue weighted by molar-refractivity contribution is -0.1000. The largest absolute Gasteiger partial charge is 0.392 e. The van der Waals surface area contributed by atoms with E-state index in [-0.39, 0.29) is 11.5 Å². The van der Waals surface area contributed by atoms with Crippen LogP contribution in [-0.4, -0.2) is 49.3 Å². The van der Waals surface area contributed by atoms with Crippen LogP contribution in [0.25, 0.3) is 0 Å². The Morgan fingerprint density at radius 2 is 2.19 bits per heavy atom. The lowest BCUT2D eigenvalue weighted by atomic mass is 9.59. The molecule has 3 unspecified atom stereocenters. The highest BCUT2D eigenvalue weighted by Gasteiger charge is 2.50. The fourth-order valence-electron chi connectivity index (χ4n) is 4.00. The van der Waals surface area contributed by atoms with E-state index in [9.17, 15) is 5.11 Å². The summed E-state index contributed by atoms with van der Waals surface area (Å²) in [5, 5.41) is 14.2. The highest BCUT2D eigenvalue weighted by molar-refractivity contribution is 5.03. The highest BCUT2D eigenvalue weighted by Crippen LogP contribution is 2.49. The molecule has 2 N–H and O–H groups in total. The van der Waals surface area contributed by atoms with E-state index >= 15 is 0 Å². The maximum Gasteiger partial charge on any atom is 0.0651 e. The Labute approximate surface area is 98.2 Å². The first kappa shape index (κ1) is 11.0. The highest BCUT2D eigenvalue weighted by atomic mass is 16.3. The number of likely N-dealkylation sites (tertiary alicyclic amines) is 1. The standard InChI is InChI=1S/C13H24N2O/c1-15-6-3-10(8-15)11-7-14-9-13(12(11)16)4-2-5-13/h10-12,14,16H,2-9H2,1H3. The minimum atomic E-state index is -0.0426. The van der Waals surface area contributed by atoms with E-state index in [2.05, 4.69) is 17.3 Å². The minimum absolute atomic E-state index is 0.0426. The second-order valence-corrected chi connectivity index (χ2v) is 6.27. The predicted molar refractivity (Wildman–Crippen MR) is 64.3 cm³/mol. The zero-order chi connectivity index (χ0) is 11.2. The molecular formula is C13H24N2O. The Balaban J connectivity index is 1.70. The average Bonchev–Trinajstić information content (AvgIpc) is 2.63. The molecule has 0 radical (unpaired) electrons. The van der Waals surface area contributed by atoms with E-state index in [0.29, 0.717) is 11.8 Å². The zero-order valence-corrected chi connectivity index (χ0v) is 10.3. The molecule has 3 rings (SSSR count). The van der Waals surface area contributed by atoms with Crippen LogP contribution in [-0.2, 0) is 0 Å². The molecule has 1 saturated carbocycles. The second-order valence-electron chi connectivity index (χ2n) is 6.27. The molecule has 1 spiro atoms. The smallest absolute Gasteiger partial charge is 0.0651 e. The molecule has 3 atom stereocenters. The van der Waals surface area contributed by atoms with Crippen molar-refractivity contribution >= 4 is 0 Å². The van der Waals surface area contributed by atoms with Gasteiger partial charge in [-0.3, -0.25) is 0 Å². The number of rotatable bonds is 1. The van der Waals surface area contributed by atoms with Gasteiger partial charge in [-0.05, 0) is 38.8 Å². The number of hydrogen-bond acceptors (Lipinski definition) is 3. The fraction of sp³-hybridized carbons (Fsp3) is 1.00. The van der Waals surface area contributed by atoms with Gasteiger partial charge in [0, 0.05) is 31.0 Å². The van der Waals surface area contributed by atoms with Crippen molar-refractivity contribution in [3.63, 3.8) is 0 Å². The number of nitrogens with one attached hydrogen (secondary N) is 1. The van der Waals surface area contributed by atoms with Gasteiger partial charge >= 0.3 is 0 Å². The van der Waals surface area contributed by atoms with Gasteiger partial charge in [0.1, 0.15) is 0 Å². The van der Waals surface area contributed by atoms with E-state index in [1.807, 2.05) is 0 Å².